The topological polar surface area (TPSA) is 104 Å². The van der Waals surface area contributed by atoms with Crippen molar-refractivity contribution in [1.82, 2.24) is 15.3 Å². The van der Waals surface area contributed by atoms with E-state index in [1.54, 1.807) is 25.1 Å². The normalized spacial score (nSPS) is 11.4. The number of hydrogen-bond donors (Lipinski definition) is 3. The first-order valence-corrected chi connectivity index (χ1v) is 10.4. The second-order valence-electron chi connectivity index (χ2n) is 6.21. The Balaban J connectivity index is 1.58. The van der Waals surface area contributed by atoms with Gasteiger partial charge in [0.25, 0.3) is 5.91 Å². The zero-order chi connectivity index (χ0) is 19.3. The SMILES string of the molecule is CCCS(=O)(=O)Nc1cccc(C(=O)NCCc2nc3ccccc3[nH]2)c1. The molecular formula is C19H22N4O3S. The number of imidazole rings is 1. The third-order valence-corrected chi connectivity index (χ3v) is 5.45. The molecule has 0 spiro atoms. The van der Waals surface area contributed by atoms with Gasteiger partial charge in [-0.25, -0.2) is 13.4 Å². The van der Waals surface area contributed by atoms with Gasteiger partial charge in [0.2, 0.25) is 10.0 Å². The molecule has 7 nitrogen and oxygen atoms in total. The molecule has 0 aliphatic rings. The van der Waals surface area contributed by atoms with Crippen LogP contribution >= 0.6 is 0 Å². The lowest BCUT2D eigenvalue weighted by Crippen LogP contribution is -2.26. The van der Waals surface area contributed by atoms with Gasteiger partial charge in [0, 0.05) is 24.2 Å². The number of benzene rings is 2. The molecule has 0 aliphatic carbocycles. The number of nitrogens with one attached hydrogen (secondary N) is 3. The largest absolute Gasteiger partial charge is 0.352 e. The number of anilines is 1. The molecule has 0 atom stereocenters. The predicted octanol–water partition coefficient (Wildman–Crippen LogP) is 2.69. The average Bonchev–Trinajstić information content (AvgIpc) is 3.04. The Kier molecular flexibility index (Phi) is 5.75. The molecule has 0 bridgehead atoms. The van der Waals surface area contributed by atoms with E-state index in [0.29, 0.717) is 30.6 Å². The maximum atomic E-state index is 12.3. The third kappa shape index (κ3) is 5.07. The van der Waals surface area contributed by atoms with Crippen molar-refractivity contribution >= 4 is 32.7 Å². The lowest BCUT2D eigenvalue weighted by molar-refractivity contribution is 0.0954. The summed E-state index contributed by atoms with van der Waals surface area (Å²) >= 11 is 0. The molecule has 3 N–H and O–H groups in total. The van der Waals surface area contributed by atoms with E-state index in [-0.39, 0.29) is 11.7 Å². The van der Waals surface area contributed by atoms with Gasteiger partial charge >= 0.3 is 0 Å². The van der Waals surface area contributed by atoms with E-state index in [4.69, 9.17) is 0 Å². The minimum atomic E-state index is -3.39. The molecule has 3 rings (SSSR count). The monoisotopic (exact) mass is 386 g/mol. The maximum Gasteiger partial charge on any atom is 0.251 e. The number of aromatic nitrogens is 2. The Labute approximate surface area is 158 Å². The Morgan fingerprint density at radius 2 is 1.96 bits per heavy atom. The molecule has 8 heteroatoms. The van der Waals surface area contributed by atoms with E-state index < -0.39 is 10.0 Å². The van der Waals surface area contributed by atoms with Gasteiger partial charge in [-0.3, -0.25) is 9.52 Å². The van der Waals surface area contributed by atoms with Gasteiger partial charge < -0.3 is 10.3 Å². The second kappa shape index (κ2) is 8.22. The summed E-state index contributed by atoms with van der Waals surface area (Å²) in [6, 6.07) is 14.2. The number of nitrogens with zero attached hydrogens (tertiary/aromatic N) is 1. The number of carbonyl (C=O) groups is 1. The van der Waals surface area contributed by atoms with Gasteiger partial charge in [0.15, 0.2) is 0 Å². The summed E-state index contributed by atoms with van der Waals surface area (Å²) in [7, 11) is -3.39. The van der Waals surface area contributed by atoms with Crippen molar-refractivity contribution in [2.24, 2.45) is 0 Å². The zero-order valence-corrected chi connectivity index (χ0v) is 15.8. The van der Waals surface area contributed by atoms with Crippen molar-refractivity contribution in [2.45, 2.75) is 19.8 Å². The summed E-state index contributed by atoms with van der Waals surface area (Å²) in [6.07, 6.45) is 1.10. The first kappa shape index (κ1) is 18.9. The summed E-state index contributed by atoms with van der Waals surface area (Å²) < 4.78 is 26.2. The van der Waals surface area contributed by atoms with Gasteiger partial charge in [-0.1, -0.05) is 25.1 Å². The van der Waals surface area contributed by atoms with E-state index in [1.165, 1.54) is 6.07 Å². The molecule has 3 aromatic rings. The highest BCUT2D eigenvalue weighted by molar-refractivity contribution is 7.92. The third-order valence-electron chi connectivity index (χ3n) is 3.96. The van der Waals surface area contributed by atoms with Crippen molar-refractivity contribution in [3.8, 4) is 0 Å². The van der Waals surface area contributed by atoms with E-state index in [1.807, 2.05) is 24.3 Å². The summed E-state index contributed by atoms with van der Waals surface area (Å²) in [5.74, 6) is 0.584. The molecule has 0 fully saturated rings. The average molecular weight is 386 g/mol. The van der Waals surface area contributed by atoms with Crippen LogP contribution in [0.25, 0.3) is 11.0 Å². The fourth-order valence-electron chi connectivity index (χ4n) is 2.74. The van der Waals surface area contributed by atoms with Gasteiger partial charge in [0.1, 0.15) is 5.82 Å². The van der Waals surface area contributed by atoms with Crippen molar-refractivity contribution < 1.29 is 13.2 Å². The highest BCUT2D eigenvalue weighted by Crippen LogP contribution is 2.13. The number of carbonyl (C=O) groups excluding carboxylic acids is 1. The molecule has 142 valence electrons. The number of fused-ring (bicyclic) bond motifs is 1. The summed E-state index contributed by atoms with van der Waals surface area (Å²) in [5, 5.41) is 2.83. The molecular weight excluding hydrogens is 364 g/mol. The van der Waals surface area contributed by atoms with E-state index in [2.05, 4.69) is 20.0 Å². The van der Waals surface area contributed by atoms with Crippen molar-refractivity contribution in [3.05, 3.63) is 59.9 Å². The fourth-order valence-corrected chi connectivity index (χ4v) is 3.87. The number of aromatic amines is 1. The molecule has 1 aromatic heterocycles. The summed E-state index contributed by atoms with van der Waals surface area (Å²) in [4.78, 5) is 20.0. The van der Waals surface area contributed by atoms with E-state index in [0.717, 1.165) is 16.9 Å². The Bertz CT molecular complexity index is 1010. The molecule has 27 heavy (non-hydrogen) atoms. The van der Waals surface area contributed by atoms with Crippen molar-refractivity contribution in [1.29, 1.82) is 0 Å². The first-order valence-electron chi connectivity index (χ1n) is 8.79. The van der Waals surface area contributed by atoms with Crippen LogP contribution in [0.3, 0.4) is 0 Å². The summed E-state index contributed by atoms with van der Waals surface area (Å²) in [6.45, 7) is 2.22. The molecule has 0 radical (unpaired) electrons. The lowest BCUT2D eigenvalue weighted by Gasteiger charge is -2.09. The Hall–Kier alpha value is -2.87. The molecule has 0 saturated carbocycles. The van der Waals surface area contributed by atoms with Crippen LogP contribution in [-0.2, 0) is 16.4 Å². The smallest absolute Gasteiger partial charge is 0.251 e. The lowest BCUT2D eigenvalue weighted by atomic mass is 10.2. The molecule has 1 amide bonds. The number of H-pyrrole nitrogens is 1. The molecule has 0 saturated heterocycles. The Morgan fingerprint density at radius 3 is 2.74 bits per heavy atom. The minimum Gasteiger partial charge on any atom is -0.352 e. The predicted molar refractivity (Wildman–Crippen MR) is 106 cm³/mol. The number of hydrogen-bond acceptors (Lipinski definition) is 4. The van der Waals surface area contributed by atoms with E-state index >= 15 is 0 Å². The highest BCUT2D eigenvalue weighted by Gasteiger charge is 2.11. The molecule has 0 aliphatic heterocycles. The van der Waals surface area contributed by atoms with Crippen molar-refractivity contribution in [3.63, 3.8) is 0 Å². The fraction of sp³-hybridized carbons (Fsp3) is 0.263. The number of para-hydroxylation sites is 2. The van der Waals surface area contributed by atoms with Crippen LogP contribution in [0.2, 0.25) is 0 Å². The number of sulfonamides is 1. The van der Waals surface area contributed by atoms with Crippen LogP contribution in [0, 0.1) is 0 Å². The first-order chi connectivity index (χ1) is 13.0. The van der Waals surface area contributed by atoms with Gasteiger partial charge in [-0.2, -0.15) is 0 Å². The molecule has 2 aromatic carbocycles. The summed E-state index contributed by atoms with van der Waals surface area (Å²) in [5.41, 5.74) is 2.64. The second-order valence-corrected chi connectivity index (χ2v) is 8.05. The number of amides is 1. The quantitative estimate of drug-likeness (QED) is 0.554. The standard InChI is InChI=1S/C19H22N4O3S/c1-2-12-27(25,26)23-15-7-5-6-14(13-15)19(24)20-11-10-18-21-16-8-3-4-9-17(16)22-18/h3-9,13,23H,2,10-12H2,1H3,(H,20,24)(H,21,22). The van der Waals surface area contributed by atoms with Crippen LogP contribution < -0.4 is 10.0 Å². The van der Waals surface area contributed by atoms with Crippen LogP contribution in [-0.4, -0.2) is 36.6 Å². The van der Waals surface area contributed by atoms with E-state index in [9.17, 15) is 13.2 Å². The molecule has 0 unspecified atom stereocenters. The van der Waals surface area contributed by atoms with Gasteiger partial charge in [-0.05, 0) is 36.8 Å². The van der Waals surface area contributed by atoms with Crippen LogP contribution in [0.5, 0.6) is 0 Å². The zero-order valence-electron chi connectivity index (χ0n) is 15.0. The number of rotatable bonds is 8. The maximum absolute atomic E-state index is 12.3. The van der Waals surface area contributed by atoms with Crippen LogP contribution in [0.15, 0.2) is 48.5 Å². The minimum absolute atomic E-state index is 0.0426. The van der Waals surface area contributed by atoms with Gasteiger partial charge in [-0.15, -0.1) is 0 Å². The Morgan fingerprint density at radius 1 is 1.15 bits per heavy atom. The van der Waals surface area contributed by atoms with Crippen LogP contribution in [0.4, 0.5) is 5.69 Å². The highest BCUT2D eigenvalue weighted by atomic mass is 32.2. The van der Waals surface area contributed by atoms with Crippen LogP contribution in [0.1, 0.15) is 29.5 Å². The molecule has 1 heterocycles. The van der Waals surface area contributed by atoms with Crippen molar-refractivity contribution in [2.75, 3.05) is 17.0 Å². The van der Waals surface area contributed by atoms with Gasteiger partial charge in [0.05, 0.1) is 16.8 Å².